The molecule has 1 atom stereocenters. The number of rotatable bonds is 7. The average molecular weight is 455 g/mol. The first kappa shape index (κ1) is 21.5. The molecule has 0 saturated carbocycles. The molecule has 1 saturated heterocycles. The number of anilines is 2. The zero-order valence-corrected chi connectivity index (χ0v) is 18.7. The van der Waals surface area contributed by atoms with E-state index in [4.69, 9.17) is 11.6 Å². The zero-order valence-electron chi connectivity index (χ0n) is 17.2. The Bertz CT molecular complexity index is 1090. The Kier molecular flexibility index (Phi) is 6.63. The summed E-state index contributed by atoms with van der Waals surface area (Å²) < 4.78 is 0. The summed E-state index contributed by atoms with van der Waals surface area (Å²) in [5.74, 6) is -0.724. The number of aryl methyl sites for hydroxylation is 3. The lowest BCUT2D eigenvalue weighted by Crippen LogP contribution is -2.28. The predicted molar refractivity (Wildman–Crippen MR) is 124 cm³/mol. The number of halogens is 1. The Morgan fingerprint density at radius 2 is 2.00 bits per heavy atom. The van der Waals surface area contributed by atoms with E-state index in [-0.39, 0.29) is 18.2 Å². The highest BCUT2D eigenvalue weighted by Crippen LogP contribution is 2.29. The van der Waals surface area contributed by atoms with Crippen molar-refractivity contribution in [2.75, 3.05) is 16.8 Å². The van der Waals surface area contributed by atoms with Crippen molar-refractivity contribution in [3.8, 4) is 0 Å². The molecule has 3 aromatic rings. The molecule has 2 aromatic carbocycles. The molecule has 0 radical (unpaired) electrons. The maximum atomic E-state index is 12.7. The van der Waals surface area contributed by atoms with Crippen molar-refractivity contribution >= 4 is 45.6 Å². The van der Waals surface area contributed by atoms with Gasteiger partial charge in [-0.15, -0.1) is 10.2 Å². The van der Waals surface area contributed by atoms with E-state index in [2.05, 4.69) is 27.6 Å². The van der Waals surface area contributed by atoms with Gasteiger partial charge in [0.25, 0.3) is 0 Å². The number of amides is 2. The average Bonchev–Trinajstić information content (AvgIpc) is 3.37. The van der Waals surface area contributed by atoms with Gasteiger partial charge in [0, 0.05) is 30.1 Å². The minimum absolute atomic E-state index is 0.0843. The number of benzene rings is 2. The summed E-state index contributed by atoms with van der Waals surface area (Å²) in [5.41, 5.74) is 2.96. The number of nitrogens with zero attached hydrogens (tertiary/aromatic N) is 3. The molecule has 1 unspecified atom stereocenters. The third-order valence-electron chi connectivity index (χ3n) is 5.36. The first-order chi connectivity index (χ1) is 15.0. The van der Waals surface area contributed by atoms with Gasteiger partial charge in [0.05, 0.1) is 5.92 Å². The van der Waals surface area contributed by atoms with E-state index in [1.807, 2.05) is 37.3 Å². The Morgan fingerprint density at radius 3 is 2.77 bits per heavy atom. The lowest BCUT2D eigenvalue weighted by molar-refractivity contribution is -0.122. The fourth-order valence-electron chi connectivity index (χ4n) is 3.58. The number of hydrogen-bond acceptors (Lipinski definition) is 5. The van der Waals surface area contributed by atoms with Crippen molar-refractivity contribution in [2.24, 2.45) is 5.92 Å². The summed E-state index contributed by atoms with van der Waals surface area (Å²) in [5, 5.41) is 13.1. The van der Waals surface area contributed by atoms with E-state index in [9.17, 15) is 9.59 Å². The van der Waals surface area contributed by atoms with Gasteiger partial charge in [-0.2, -0.15) is 0 Å². The van der Waals surface area contributed by atoms with Gasteiger partial charge >= 0.3 is 0 Å². The summed E-state index contributed by atoms with van der Waals surface area (Å²) in [7, 11) is 0. The smallest absolute Gasteiger partial charge is 0.231 e. The van der Waals surface area contributed by atoms with Gasteiger partial charge in [-0.1, -0.05) is 59.3 Å². The van der Waals surface area contributed by atoms with Crippen LogP contribution >= 0.6 is 22.9 Å². The first-order valence-corrected chi connectivity index (χ1v) is 11.4. The molecular formula is C23H23ClN4O2S. The van der Waals surface area contributed by atoms with Gasteiger partial charge in [-0.25, -0.2) is 0 Å². The van der Waals surface area contributed by atoms with Crippen molar-refractivity contribution in [3.63, 3.8) is 0 Å². The molecule has 31 heavy (non-hydrogen) atoms. The van der Waals surface area contributed by atoms with E-state index < -0.39 is 5.92 Å². The number of carbonyl (C=O) groups is 2. The number of hydrogen-bond donors (Lipinski definition) is 1. The fraction of sp³-hybridized carbons (Fsp3) is 0.304. The van der Waals surface area contributed by atoms with Crippen molar-refractivity contribution in [3.05, 3.63) is 69.7 Å². The number of aromatic nitrogens is 2. The quantitative estimate of drug-likeness (QED) is 0.563. The van der Waals surface area contributed by atoms with E-state index in [1.54, 1.807) is 11.0 Å². The van der Waals surface area contributed by atoms with E-state index >= 15 is 0 Å². The zero-order chi connectivity index (χ0) is 21.8. The van der Waals surface area contributed by atoms with Gasteiger partial charge in [0.2, 0.25) is 16.9 Å². The number of nitrogens with one attached hydrogen (secondary N) is 1. The molecule has 8 heteroatoms. The van der Waals surface area contributed by atoms with Crippen molar-refractivity contribution in [1.82, 2.24) is 10.2 Å². The minimum Gasteiger partial charge on any atom is -0.312 e. The largest absolute Gasteiger partial charge is 0.312 e. The van der Waals surface area contributed by atoms with Gasteiger partial charge in [-0.05, 0) is 43.0 Å². The maximum Gasteiger partial charge on any atom is 0.231 e. The van der Waals surface area contributed by atoms with Crippen LogP contribution in [0, 0.1) is 12.8 Å². The highest BCUT2D eigenvalue weighted by molar-refractivity contribution is 7.15. The predicted octanol–water partition coefficient (Wildman–Crippen LogP) is 4.67. The lowest BCUT2D eigenvalue weighted by Gasteiger charge is -2.17. The first-order valence-electron chi connectivity index (χ1n) is 10.2. The van der Waals surface area contributed by atoms with Crippen LogP contribution in [0.15, 0.2) is 48.5 Å². The van der Waals surface area contributed by atoms with Crippen LogP contribution in [0.3, 0.4) is 0 Å². The Balaban J connectivity index is 1.30. The molecule has 1 N–H and O–H groups in total. The molecule has 1 aliphatic heterocycles. The molecule has 1 fully saturated rings. The molecule has 2 amide bonds. The van der Waals surface area contributed by atoms with Crippen LogP contribution in [0.1, 0.15) is 29.0 Å². The van der Waals surface area contributed by atoms with Crippen molar-refractivity contribution in [1.29, 1.82) is 0 Å². The summed E-state index contributed by atoms with van der Waals surface area (Å²) in [6.07, 6.45) is 2.93. The molecule has 1 aromatic heterocycles. The summed E-state index contributed by atoms with van der Waals surface area (Å²) >= 11 is 7.57. The molecule has 0 spiro atoms. The van der Waals surface area contributed by atoms with Crippen LogP contribution in [0.25, 0.3) is 0 Å². The van der Waals surface area contributed by atoms with Crippen molar-refractivity contribution in [2.45, 2.75) is 32.6 Å². The van der Waals surface area contributed by atoms with Crippen LogP contribution in [0.4, 0.5) is 10.8 Å². The van der Waals surface area contributed by atoms with E-state index in [0.29, 0.717) is 22.4 Å². The molecule has 160 valence electrons. The molecule has 4 rings (SSSR count). The Hall–Kier alpha value is -2.77. The lowest BCUT2D eigenvalue weighted by atomic mass is 10.1. The van der Waals surface area contributed by atoms with Crippen LogP contribution in [0.5, 0.6) is 0 Å². The topological polar surface area (TPSA) is 75.2 Å². The fourth-order valence-corrected chi connectivity index (χ4v) is 4.54. The summed E-state index contributed by atoms with van der Waals surface area (Å²) in [6, 6.07) is 15.8. The van der Waals surface area contributed by atoms with Crippen LogP contribution in [0.2, 0.25) is 5.02 Å². The van der Waals surface area contributed by atoms with E-state index in [0.717, 1.165) is 29.8 Å². The minimum atomic E-state index is -0.432. The normalized spacial score (nSPS) is 16.0. The molecular weight excluding hydrogens is 432 g/mol. The van der Waals surface area contributed by atoms with Gasteiger partial charge < -0.3 is 10.2 Å². The SMILES string of the molecule is Cc1ccc(N2CC(C(=O)Nc3nnc(CCCc4ccccc4)s3)CC2=O)cc1Cl. The summed E-state index contributed by atoms with van der Waals surface area (Å²) in [4.78, 5) is 26.8. The molecule has 1 aliphatic rings. The third-order valence-corrected chi connectivity index (χ3v) is 6.66. The van der Waals surface area contributed by atoms with Gasteiger partial charge in [-0.3, -0.25) is 9.59 Å². The van der Waals surface area contributed by atoms with Crippen molar-refractivity contribution < 1.29 is 9.59 Å². The standard InChI is InChI=1S/C23H23ClN4O2S/c1-15-10-11-18(13-19(15)24)28-14-17(12-21(28)29)22(30)25-23-27-26-20(31-23)9-5-8-16-6-3-2-4-7-16/h2-4,6-7,10-11,13,17H,5,8-9,12,14H2,1H3,(H,25,27,30). The third kappa shape index (κ3) is 5.29. The number of carbonyl (C=O) groups excluding carboxylic acids is 2. The highest BCUT2D eigenvalue weighted by atomic mass is 35.5. The molecule has 2 heterocycles. The molecule has 0 aliphatic carbocycles. The van der Waals surface area contributed by atoms with Gasteiger partial charge in [0.15, 0.2) is 0 Å². The molecule has 6 nitrogen and oxygen atoms in total. The monoisotopic (exact) mass is 454 g/mol. The van der Waals surface area contributed by atoms with Crippen LogP contribution in [-0.2, 0) is 22.4 Å². The Labute approximate surface area is 190 Å². The molecule has 0 bridgehead atoms. The van der Waals surface area contributed by atoms with Gasteiger partial charge in [0.1, 0.15) is 5.01 Å². The second kappa shape index (κ2) is 9.58. The van der Waals surface area contributed by atoms with Crippen LogP contribution in [-0.4, -0.2) is 28.6 Å². The van der Waals surface area contributed by atoms with Crippen LogP contribution < -0.4 is 10.2 Å². The Morgan fingerprint density at radius 1 is 1.19 bits per heavy atom. The maximum absolute atomic E-state index is 12.7. The second-order valence-corrected chi connectivity index (χ2v) is 9.14. The second-order valence-electron chi connectivity index (χ2n) is 7.67. The van der Waals surface area contributed by atoms with E-state index in [1.165, 1.54) is 16.9 Å². The highest BCUT2D eigenvalue weighted by Gasteiger charge is 2.35. The summed E-state index contributed by atoms with van der Waals surface area (Å²) in [6.45, 7) is 2.24.